The van der Waals surface area contributed by atoms with E-state index in [9.17, 15) is 57.5 Å². The molecule has 0 aromatic heterocycles. The Morgan fingerprint density at radius 1 is 0.136 bits per heavy atom. The van der Waals surface area contributed by atoms with Crippen molar-refractivity contribution >= 4 is 129 Å². The van der Waals surface area contributed by atoms with Gasteiger partial charge >= 0.3 is 58.0 Å². The monoisotopic (exact) mass is 1990 g/mol. The summed E-state index contributed by atoms with van der Waals surface area (Å²) in [5.41, 5.74) is 0. The number of rotatable bonds is 83. The number of hydrogen-bond donors (Lipinski definition) is 20. The molecule has 12 amide bonds. The number of nitrogens with one attached hydrogen (secondary N) is 20. The van der Waals surface area contributed by atoms with Crippen LogP contribution < -0.4 is 106 Å². The van der Waals surface area contributed by atoms with E-state index >= 15 is 0 Å². The highest BCUT2D eigenvalue weighted by Crippen LogP contribution is 2.08. The highest BCUT2D eigenvalue weighted by molar-refractivity contribution is 6.44. The van der Waals surface area contributed by atoms with Crippen molar-refractivity contribution in [1.82, 2.24) is 135 Å². The van der Waals surface area contributed by atoms with Crippen LogP contribution in [-0.4, -0.2) is 513 Å². The maximum atomic E-state index is 14.2. The molecule has 62 heteroatoms. The lowest BCUT2D eigenvalue weighted by molar-refractivity contribution is -0.123. The summed E-state index contributed by atoms with van der Waals surface area (Å²) in [5, 5.41) is 59.9. The third-order valence-electron chi connectivity index (χ3n) is 22.6. The minimum atomic E-state index is -0.550. The summed E-state index contributed by atoms with van der Waals surface area (Å²) in [4.78, 5) is 174. The minimum Gasteiger partial charge on any atom is -0.395 e. The van der Waals surface area contributed by atoms with Crippen LogP contribution in [-0.2, 0) is 132 Å². The first-order chi connectivity index (χ1) is 68.4. The fourth-order valence-corrected chi connectivity index (χ4v) is 14.8. The average Bonchev–Trinajstić information content (AvgIpc) is 1.09. The summed E-state index contributed by atoms with van der Waals surface area (Å²) < 4.78 is 87.0. The topological polar surface area (TPSA) is 613 Å². The lowest BCUT2D eigenvalue weighted by atomic mass is 10.1. The van der Waals surface area contributed by atoms with E-state index in [0.29, 0.717) is 210 Å². The lowest BCUT2D eigenvalue weighted by Crippen LogP contribution is -2.44. The van der Waals surface area contributed by atoms with Crippen molar-refractivity contribution in [3.63, 3.8) is 0 Å². The van der Waals surface area contributed by atoms with Gasteiger partial charge in [-0.15, -0.1) is 0 Å². The second-order valence-corrected chi connectivity index (χ2v) is 33.5. The number of amides is 12. The van der Waals surface area contributed by atoms with Gasteiger partial charge in [-0.1, -0.05) is 0 Å². The van der Waals surface area contributed by atoms with Crippen LogP contribution in [0.5, 0.6) is 0 Å². The molecule has 54 nitrogen and oxygen atoms in total. The lowest BCUT2D eigenvalue weighted by Gasteiger charge is -2.28. The smallest absolute Gasteiger partial charge is 0.395 e. The molecule has 0 saturated carbocycles. The van der Waals surface area contributed by atoms with Gasteiger partial charge < -0.3 is 209 Å². The summed E-state index contributed by atoms with van der Waals surface area (Å²) in [5.74, 6) is -3.10. The molecular formula is C78H152B8N26O28. The largest absolute Gasteiger partial charge is 0.554 e. The summed E-state index contributed by atoms with van der Waals surface area (Å²) in [6.45, 7) is 17.9. The molecule has 786 valence electrons. The van der Waals surface area contributed by atoms with Crippen LogP contribution in [0, 0.1) is 0 Å². The number of nitrogens with zero attached hydrogens (tertiary/aromatic N) is 6. The fourth-order valence-electron chi connectivity index (χ4n) is 14.8. The van der Waals surface area contributed by atoms with E-state index in [4.69, 9.17) is 74.5 Å². The van der Waals surface area contributed by atoms with Gasteiger partial charge in [0, 0.05) is 326 Å². The van der Waals surface area contributed by atoms with Gasteiger partial charge in [-0.2, -0.15) is 0 Å². The van der Waals surface area contributed by atoms with E-state index < -0.39 is 58.0 Å². The first kappa shape index (κ1) is 118. The van der Waals surface area contributed by atoms with Gasteiger partial charge in [-0.05, 0) is 0 Å². The number of carbonyl (C=O) groups excluding carboxylic acids is 12. The van der Waals surface area contributed by atoms with E-state index in [2.05, 4.69) is 106 Å². The third kappa shape index (κ3) is 58.8. The molecule has 8 rings (SSSR count). The van der Waals surface area contributed by atoms with E-state index in [1.165, 1.54) is 0 Å². The Kier molecular flexibility index (Phi) is 63.9. The molecule has 0 aromatic carbocycles. The maximum Gasteiger partial charge on any atom is 0.554 e. The Hall–Kier alpha value is -7.04. The second kappa shape index (κ2) is 75.7. The second-order valence-electron chi connectivity index (χ2n) is 33.5. The Morgan fingerprint density at radius 3 is 0.350 bits per heavy atom. The molecule has 0 atom stereocenters. The number of carbonyl (C=O) groups is 12. The van der Waals surface area contributed by atoms with E-state index in [0.717, 1.165) is 0 Å². The normalized spacial score (nSPS) is 16.1. The third-order valence-corrected chi connectivity index (χ3v) is 22.6. The van der Waals surface area contributed by atoms with Crippen LogP contribution in [0.25, 0.3) is 0 Å². The van der Waals surface area contributed by atoms with Gasteiger partial charge in [0.1, 0.15) is 0 Å². The standard InChI is InChI=1S/C78H152B8N26O28/c113-67(87-13-21-99-79-125-51-52-126-79)1-33-107(34-2-68(114)88-14-22-100-80-127-53-54-128-80)45-29-95-75(121)9-41-111(42-10-76(122)96-30-46-108(35-3-69(115)89-15-23-101-81-129-55-56-130-81)36-4-70(116)90-16-24-102-82-131-57-58-132-82)49-50-112(43-11-77(123)97-31-47-109(37-5-71(117)91-17-25-103-83-133-59-60-134-83)38-6-72(118)92-18-26-104-84-135-61-62-136-84)44-12-78(124)98-32-48-110(39-7-73(119)93-19-27-105-85-137-63-64-138-85)40-8-74(120)94-20-28-106-86-139-65-66-140-86/h99-106H,1-66H2,(H,87,113)(H,88,114)(H,89,115)(H,90,116)(H,91,117)(H,92,118)(H,93,119)(H,94,120)(H,95,121)(H,96,122)(H,97,123)(H,98,124). The molecular weight excluding hydrogens is 1840 g/mol. The highest BCUT2D eigenvalue weighted by Gasteiger charge is 2.32. The molecule has 0 aromatic rings. The first-order valence-corrected chi connectivity index (χ1v) is 49.7. The summed E-state index contributed by atoms with van der Waals surface area (Å²) in [6, 6.07) is 0. The number of hydrogen-bond acceptors (Lipinski definition) is 42. The first-order valence-electron chi connectivity index (χ1n) is 49.7. The Bertz CT molecular complexity index is 2890. The Labute approximate surface area is 823 Å². The molecule has 20 N–H and O–H groups in total. The molecule has 0 unspecified atom stereocenters. The molecule has 0 bridgehead atoms. The molecule has 8 aliphatic rings. The van der Waals surface area contributed by atoms with Crippen molar-refractivity contribution < 1.29 is 132 Å². The SMILES string of the molecule is O=C(CCN(CCNC(=O)CCN(CCC(=O)NCCN(CCC(=O)NCCNB1OCCO1)CCC(=O)NCCNB1OCCO1)CCN(CCC(=O)NCCN(CCC(=O)NCCNB1OCCO1)CCC(=O)NCCNB1OCCO1)CCC(=O)NCCN(CCC(=O)NCCNB1OCCO1)CCC(=O)NCCNB1OCCO1)CCC(=O)NCCNB1OCCO1)NCCNB1OCCO1. The van der Waals surface area contributed by atoms with Crippen LogP contribution in [0.1, 0.15) is 77.0 Å². The predicted molar refractivity (Wildman–Crippen MR) is 515 cm³/mol. The Morgan fingerprint density at radius 2 is 0.236 bits per heavy atom. The zero-order valence-corrected chi connectivity index (χ0v) is 81.4. The molecule has 8 aliphatic heterocycles. The molecule has 8 fully saturated rings. The van der Waals surface area contributed by atoms with E-state index in [1.807, 2.05) is 29.4 Å². The van der Waals surface area contributed by atoms with Gasteiger partial charge in [0.2, 0.25) is 70.9 Å². The zero-order valence-electron chi connectivity index (χ0n) is 81.4. The van der Waals surface area contributed by atoms with E-state index in [-0.39, 0.29) is 292 Å². The molecule has 0 aliphatic carbocycles. The zero-order chi connectivity index (χ0) is 99.1. The Balaban J connectivity index is 0.932. The minimum absolute atomic E-state index is 0.0398. The average molecular weight is 1990 g/mol. The van der Waals surface area contributed by atoms with Gasteiger partial charge in [0.05, 0.1) is 106 Å². The van der Waals surface area contributed by atoms with Crippen molar-refractivity contribution in [3.05, 3.63) is 0 Å². The van der Waals surface area contributed by atoms with Gasteiger partial charge in [0.15, 0.2) is 0 Å². The molecule has 0 radical (unpaired) electrons. The van der Waals surface area contributed by atoms with Crippen LogP contribution in [0.3, 0.4) is 0 Å². The van der Waals surface area contributed by atoms with Crippen molar-refractivity contribution in [2.75, 3.05) is 354 Å². The van der Waals surface area contributed by atoms with Crippen molar-refractivity contribution in [3.8, 4) is 0 Å². The molecule has 8 heterocycles. The van der Waals surface area contributed by atoms with Crippen molar-refractivity contribution in [2.24, 2.45) is 0 Å². The molecule has 140 heavy (non-hydrogen) atoms. The predicted octanol–water partition coefficient (Wildman–Crippen LogP) is -14.2. The van der Waals surface area contributed by atoms with Crippen LogP contribution in [0.2, 0.25) is 0 Å². The van der Waals surface area contributed by atoms with Gasteiger partial charge in [0.25, 0.3) is 0 Å². The summed E-state index contributed by atoms with van der Waals surface area (Å²) >= 11 is 0. The highest BCUT2D eigenvalue weighted by atomic mass is 16.7. The summed E-state index contributed by atoms with van der Waals surface area (Å²) in [6.07, 6.45) is 0.602. The summed E-state index contributed by atoms with van der Waals surface area (Å²) in [7, 11) is -4.40. The molecule has 0 spiro atoms. The van der Waals surface area contributed by atoms with Crippen LogP contribution in [0.15, 0.2) is 0 Å². The van der Waals surface area contributed by atoms with Crippen molar-refractivity contribution in [1.29, 1.82) is 0 Å². The van der Waals surface area contributed by atoms with Gasteiger partial charge in [-0.3, -0.25) is 57.5 Å². The van der Waals surface area contributed by atoms with Crippen LogP contribution >= 0.6 is 0 Å². The maximum absolute atomic E-state index is 14.2. The fraction of sp³-hybridized carbons (Fsp3) is 0.846. The molecule has 8 saturated heterocycles. The van der Waals surface area contributed by atoms with E-state index in [1.54, 1.807) is 0 Å². The van der Waals surface area contributed by atoms with Crippen LogP contribution in [0.4, 0.5) is 0 Å². The van der Waals surface area contributed by atoms with Gasteiger partial charge in [-0.25, -0.2) is 0 Å². The van der Waals surface area contributed by atoms with Crippen molar-refractivity contribution in [2.45, 2.75) is 77.0 Å². The quantitative estimate of drug-likeness (QED) is 0.0199.